The van der Waals surface area contributed by atoms with Crippen molar-refractivity contribution >= 4 is 23.2 Å². The monoisotopic (exact) mass is 284 g/mol. The largest absolute Gasteiger partial charge is 0.486 e. The molecule has 0 fully saturated rings. The van der Waals surface area contributed by atoms with Crippen LogP contribution in [-0.2, 0) is 19.5 Å². The number of benzene rings is 1. The Balaban J connectivity index is 2.08. The molecule has 0 radical (unpaired) electrons. The summed E-state index contributed by atoms with van der Waals surface area (Å²) >= 11 is 11.8. The maximum atomic E-state index is 6.11. The quantitative estimate of drug-likeness (QED) is 0.801. The number of hydrogen-bond acceptors (Lipinski definition) is 2. The summed E-state index contributed by atoms with van der Waals surface area (Å²) in [4.78, 5) is 0. The summed E-state index contributed by atoms with van der Waals surface area (Å²) in [6, 6.07) is 7.55. The van der Waals surface area contributed by atoms with Gasteiger partial charge in [-0.2, -0.15) is 5.10 Å². The topological polar surface area (TPSA) is 27.1 Å². The number of ether oxygens (including phenoxy) is 1. The van der Waals surface area contributed by atoms with E-state index >= 15 is 0 Å². The number of nitrogens with zero attached hydrogens (tertiary/aromatic N) is 2. The molecule has 0 unspecified atom stereocenters. The number of halogens is 2. The standard InChI is InChI=1S/C13H14Cl2N2O/c1-9-5-11(17(2)16-9)8-18-13-4-3-10(7-14)6-12(13)15/h3-6H,7-8H2,1-2H3. The summed E-state index contributed by atoms with van der Waals surface area (Å²) in [6.45, 7) is 2.39. The zero-order valence-electron chi connectivity index (χ0n) is 10.3. The Hall–Kier alpha value is -1.19. The second kappa shape index (κ2) is 5.63. The van der Waals surface area contributed by atoms with Gasteiger partial charge in [-0.15, -0.1) is 11.6 Å². The number of aryl methyl sites for hydroxylation is 2. The second-order valence-corrected chi connectivity index (χ2v) is 4.76. The van der Waals surface area contributed by atoms with E-state index in [1.54, 1.807) is 4.68 Å². The van der Waals surface area contributed by atoms with Crippen LogP contribution in [0.15, 0.2) is 24.3 Å². The van der Waals surface area contributed by atoms with Gasteiger partial charge >= 0.3 is 0 Å². The predicted molar refractivity (Wildman–Crippen MR) is 73.3 cm³/mol. The van der Waals surface area contributed by atoms with Crippen molar-refractivity contribution in [3.05, 3.63) is 46.2 Å². The average Bonchev–Trinajstić information content (AvgIpc) is 2.66. The fourth-order valence-electron chi connectivity index (χ4n) is 1.70. The summed E-state index contributed by atoms with van der Waals surface area (Å²) in [5.41, 5.74) is 2.95. The molecule has 1 heterocycles. The molecule has 0 bridgehead atoms. The van der Waals surface area contributed by atoms with Crippen molar-refractivity contribution in [2.45, 2.75) is 19.4 Å². The van der Waals surface area contributed by atoms with Gasteiger partial charge < -0.3 is 4.74 Å². The van der Waals surface area contributed by atoms with E-state index in [9.17, 15) is 0 Å². The Morgan fingerprint density at radius 3 is 2.67 bits per heavy atom. The highest BCUT2D eigenvalue weighted by atomic mass is 35.5. The van der Waals surface area contributed by atoms with E-state index in [1.165, 1.54) is 0 Å². The van der Waals surface area contributed by atoms with E-state index in [4.69, 9.17) is 27.9 Å². The lowest BCUT2D eigenvalue weighted by Gasteiger charge is -2.09. The molecule has 0 aliphatic heterocycles. The molecule has 96 valence electrons. The van der Waals surface area contributed by atoms with Gasteiger partial charge in [-0.25, -0.2) is 0 Å². The van der Waals surface area contributed by atoms with Gasteiger partial charge in [0.2, 0.25) is 0 Å². The Kier molecular flexibility index (Phi) is 4.15. The summed E-state index contributed by atoms with van der Waals surface area (Å²) in [5, 5.41) is 4.84. The third-order valence-electron chi connectivity index (χ3n) is 2.63. The molecule has 0 N–H and O–H groups in total. The first-order chi connectivity index (χ1) is 8.60. The third-order valence-corrected chi connectivity index (χ3v) is 3.23. The zero-order chi connectivity index (χ0) is 13.1. The molecular formula is C13H14Cl2N2O. The van der Waals surface area contributed by atoms with Gasteiger partial charge in [-0.1, -0.05) is 17.7 Å². The Morgan fingerprint density at radius 1 is 1.33 bits per heavy atom. The van der Waals surface area contributed by atoms with Crippen molar-refractivity contribution in [3.8, 4) is 5.75 Å². The van der Waals surface area contributed by atoms with Crippen LogP contribution in [0.3, 0.4) is 0 Å². The minimum atomic E-state index is 0.442. The maximum Gasteiger partial charge on any atom is 0.138 e. The summed E-state index contributed by atoms with van der Waals surface area (Å²) < 4.78 is 7.48. The number of rotatable bonds is 4. The molecule has 5 heteroatoms. The highest BCUT2D eigenvalue weighted by molar-refractivity contribution is 6.32. The van der Waals surface area contributed by atoms with E-state index in [-0.39, 0.29) is 0 Å². The normalized spacial score (nSPS) is 10.7. The zero-order valence-corrected chi connectivity index (χ0v) is 11.8. The van der Waals surface area contributed by atoms with Gasteiger partial charge in [0.1, 0.15) is 12.4 Å². The molecule has 0 amide bonds. The number of hydrogen-bond donors (Lipinski definition) is 0. The summed E-state index contributed by atoms with van der Waals surface area (Å²) in [7, 11) is 1.89. The van der Waals surface area contributed by atoms with Gasteiger partial charge in [0.15, 0.2) is 0 Å². The molecule has 0 saturated heterocycles. The minimum absolute atomic E-state index is 0.442. The number of aromatic nitrogens is 2. The van der Waals surface area contributed by atoms with E-state index in [0.29, 0.717) is 23.3 Å². The first-order valence-electron chi connectivity index (χ1n) is 5.57. The van der Waals surface area contributed by atoms with Crippen molar-refractivity contribution in [3.63, 3.8) is 0 Å². The molecular weight excluding hydrogens is 271 g/mol. The Bertz CT molecular complexity index is 552. The number of alkyl halides is 1. The van der Waals surface area contributed by atoms with Crippen molar-refractivity contribution in [2.24, 2.45) is 7.05 Å². The fraction of sp³-hybridized carbons (Fsp3) is 0.308. The van der Waals surface area contributed by atoms with Crippen LogP contribution in [0.2, 0.25) is 5.02 Å². The van der Waals surface area contributed by atoms with Crippen LogP contribution in [0.25, 0.3) is 0 Å². The molecule has 2 aromatic rings. The van der Waals surface area contributed by atoms with Gasteiger partial charge in [-0.05, 0) is 30.7 Å². The first kappa shape index (κ1) is 13.2. The van der Waals surface area contributed by atoms with Crippen LogP contribution in [0, 0.1) is 6.92 Å². The van der Waals surface area contributed by atoms with E-state index in [0.717, 1.165) is 17.0 Å². The highest BCUT2D eigenvalue weighted by Gasteiger charge is 2.06. The van der Waals surface area contributed by atoms with E-state index in [1.807, 2.05) is 38.2 Å². The molecule has 1 aromatic heterocycles. The summed E-state index contributed by atoms with van der Waals surface area (Å²) in [6.07, 6.45) is 0. The Labute approximate surface area is 116 Å². The minimum Gasteiger partial charge on any atom is -0.486 e. The van der Waals surface area contributed by atoms with Gasteiger partial charge in [0.25, 0.3) is 0 Å². The van der Waals surface area contributed by atoms with Gasteiger partial charge in [0, 0.05) is 12.9 Å². The van der Waals surface area contributed by atoms with Gasteiger partial charge in [0.05, 0.1) is 16.4 Å². The van der Waals surface area contributed by atoms with Crippen LogP contribution >= 0.6 is 23.2 Å². The lowest BCUT2D eigenvalue weighted by molar-refractivity contribution is 0.295. The van der Waals surface area contributed by atoms with E-state index < -0.39 is 0 Å². The molecule has 0 atom stereocenters. The van der Waals surface area contributed by atoms with Crippen molar-refractivity contribution < 1.29 is 4.74 Å². The molecule has 1 aromatic carbocycles. The predicted octanol–water partition coefficient (Wildman–Crippen LogP) is 3.70. The van der Waals surface area contributed by atoms with Gasteiger partial charge in [-0.3, -0.25) is 4.68 Å². The molecule has 0 saturated carbocycles. The molecule has 2 rings (SSSR count). The van der Waals surface area contributed by atoms with Crippen LogP contribution < -0.4 is 4.74 Å². The first-order valence-corrected chi connectivity index (χ1v) is 6.48. The van der Waals surface area contributed by atoms with E-state index in [2.05, 4.69) is 5.10 Å². The third kappa shape index (κ3) is 2.98. The lowest BCUT2D eigenvalue weighted by atomic mass is 10.2. The maximum absolute atomic E-state index is 6.11. The summed E-state index contributed by atoms with van der Waals surface area (Å²) in [5.74, 6) is 1.10. The van der Waals surface area contributed by atoms with Crippen molar-refractivity contribution in [2.75, 3.05) is 0 Å². The SMILES string of the molecule is Cc1cc(COc2ccc(CCl)cc2Cl)n(C)n1. The highest BCUT2D eigenvalue weighted by Crippen LogP contribution is 2.26. The lowest BCUT2D eigenvalue weighted by Crippen LogP contribution is -2.03. The average molecular weight is 285 g/mol. The van der Waals surface area contributed by atoms with Crippen LogP contribution in [0.1, 0.15) is 17.0 Å². The van der Waals surface area contributed by atoms with Crippen LogP contribution in [0.4, 0.5) is 0 Å². The fourth-order valence-corrected chi connectivity index (χ4v) is 2.12. The molecule has 3 nitrogen and oxygen atoms in total. The second-order valence-electron chi connectivity index (χ2n) is 4.09. The molecule has 18 heavy (non-hydrogen) atoms. The van der Waals surface area contributed by atoms with Crippen molar-refractivity contribution in [1.29, 1.82) is 0 Å². The molecule has 0 aliphatic rings. The molecule has 0 aliphatic carbocycles. The van der Waals surface area contributed by atoms with Crippen molar-refractivity contribution in [1.82, 2.24) is 9.78 Å². The Morgan fingerprint density at radius 2 is 2.11 bits per heavy atom. The van der Waals surface area contributed by atoms with Crippen LogP contribution in [-0.4, -0.2) is 9.78 Å². The molecule has 0 spiro atoms. The smallest absolute Gasteiger partial charge is 0.138 e. The van der Waals surface area contributed by atoms with Crippen LogP contribution in [0.5, 0.6) is 5.75 Å².